The predicted octanol–water partition coefficient (Wildman–Crippen LogP) is 3.18. The third-order valence-corrected chi connectivity index (χ3v) is 3.93. The van der Waals surface area contributed by atoms with E-state index in [9.17, 15) is 9.90 Å². The first kappa shape index (κ1) is 14.6. The fraction of sp³-hybridized carbons (Fsp3) is 0.333. The lowest BCUT2D eigenvalue weighted by Crippen LogP contribution is -2.12. The number of rotatable bonds is 5. The van der Waals surface area contributed by atoms with Gasteiger partial charge in [0.05, 0.1) is 11.6 Å². The van der Waals surface area contributed by atoms with E-state index in [1.54, 1.807) is 11.7 Å². The quantitative estimate of drug-likeness (QED) is 0.921. The lowest BCUT2D eigenvalue weighted by Gasteiger charge is -2.12. The average Bonchev–Trinajstić information content (AvgIpc) is 2.66. The molecule has 0 aliphatic rings. The van der Waals surface area contributed by atoms with Gasteiger partial charge in [-0.05, 0) is 25.3 Å². The number of aryl methyl sites for hydroxylation is 2. The SMILES string of the molecule is Cc1nn(C)c(Cl)c1CCC(C(=O)O)c1ccccc1. The number of carboxylic acid groups (broad SMARTS) is 1. The maximum absolute atomic E-state index is 11.4. The van der Waals surface area contributed by atoms with Gasteiger partial charge in [-0.3, -0.25) is 9.48 Å². The van der Waals surface area contributed by atoms with Crippen molar-refractivity contribution in [1.29, 1.82) is 0 Å². The summed E-state index contributed by atoms with van der Waals surface area (Å²) in [5.41, 5.74) is 2.60. The van der Waals surface area contributed by atoms with Gasteiger partial charge in [0.2, 0.25) is 0 Å². The van der Waals surface area contributed by atoms with E-state index in [1.807, 2.05) is 37.3 Å². The molecule has 5 heteroatoms. The number of hydrogen-bond acceptors (Lipinski definition) is 2. The van der Waals surface area contributed by atoms with Crippen molar-refractivity contribution in [2.45, 2.75) is 25.7 Å². The number of carbonyl (C=O) groups is 1. The number of hydrogen-bond donors (Lipinski definition) is 1. The Kier molecular flexibility index (Phi) is 4.45. The molecule has 2 rings (SSSR count). The van der Waals surface area contributed by atoms with Crippen molar-refractivity contribution in [3.8, 4) is 0 Å². The molecule has 20 heavy (non-hydrogen) atoms. The Balaban J connectivity index is 2.16. The Morgan fingerprint density at radius 3 is 2.55 bits per heavy atom. The second kappa shape index (κ2) is 6.09. The van der Waals surface area contributed by atoms with Crippen molar-refractivity contribution < 1.29 is 9.90 Å². The Labute approximate surface area is 123 Å². The van der Waals surface area contributed by atoms with Crippen LogP contribution >= 0.6 is 11.6 Å². The zero-order valence-corrected chi connectivity index (χ0v) is 12.3. The molecule has 0 bridgehead atoms. The standard InChI is InChI=1S/C15H17ClN2O2/c1-10-12(14(16)18(2)17-10)8-9-13(15(19)20)11-6-4-3-5-7-11/h3-7,13H,8-9H2,1-2H3,(H,19,20). The first-order valence-corrected chi connectivity index (χ1v) is 6.84. The van der Waals surface area contributed by atoms with Crippen molar-refractivity contribution >= 4 is 17.6 Å². The molecule has 1 unspecified atom stereocenters. The Hall–Kier alpha value is -1.81. The number of aromatic nitrogens is 2. The normalized spacial score (nSPS) is 12.3. The topological polar surface area (TPSA) is 55.1 Å². The molecular weight excluding hydrogens is 276 g/mol. The highest BCUT2D eigenvalue weighted by molar-refractivity contribution is 6.30. The summed E-state index contributed by atoms with van der Waals surface area (Å²) >= 11 is 6.18. The third kappa shape index (κ3) is 3.02. The number of aliphatic carboxylic acids is 1. The van der Waals surface area contributed by atoms with E-state index < -0.39 is 11.9 Å². The first-order valence-electron chi connectivity index (χ1n) is 6.46. The van der Waals surface area contributed by atoms with E-state index in [0.29, 0.717) is 18.0 Å². The molecule has 2 aromatic rings. The van der Waals surface area contributed by atoms with Crippen LogP contribution < -0.4 is 0 Å². The molecule has 0 aliphatic heterocycles. The van der Waals surface area contributed by atoms with Crippen LogP contribution in [0.25, 0.3) is 0 Å². The van der Waals surface area contributed by atoms with Crippen LogP contribution in [0, 0.1) is 6.92 Å². The van der Waals surface area contributed by atoms with Crippen LogP contribution in [0.4, 0.5) is 0 Å². The third-order valence-electron chi connectivity index (χ3n) is 3.45. The van der Waals surface area contributed by atoms with Gasteiger partial charge in [0, 0.05) is 12.6 Å². The summed E-state index contributed by atoms with van der Waals surface area (Å²) in [5.74, 6) is -1.33. The maximum atomic E-state index is 11.4. The van der Waals surface area contributed by atoms with Crippen LogP contribution in [0.2, 0.25) is 5.15 Å². The summed E-state index contributed by atoms with van der Waals surface area (Å²) in [6, 6.07) is 9.28. The van der Waals surface area contributed by atoms with Gasteiger partial charge >= 0.3 is 5.97 Å². The van der Waals surface area contributed by atoms with Crippen LogP contribution in [0.3, 0.4) is 0 Å². The lowest BCUT2D eigenvalue weighted by molar-refractivity contribution is -0.138. The van der Waals surface area contributed by atoms with Crippen molar-refractivity contribution in [2.75, 3.05) is 0 Å². The minimum Gasteiger partial charge on any atom is -0.481 e. The molecule has 0 spiro atoms. The van der Waals surface area contributed by atoms with E-state index in [0.717, 1.165) is 16.8 Å². The van der Waals surface area contributed by atoms with Gasteiger partial charge in [-0.1, -0.05) is 41.9 Å². The zero-order chi connectivity index (χ0) is 14.7. The van der Waals surface area contributed by atoms with E-state index in [1.165, 1.54) is 0 Å². The van der Waals surface area contributed by atoms with Gasteiger partial charge < -0.3 is 5.11 Å². The molecule has 0 radical (unpaired) electrons. The average molecular weight is 293 g/mol. The second-order valence-electron chi connectivity index (χ2n) is 4.82. The minimum absolute atomic E-state index is 0.506. The molecule has 1 atom stereocenters. The number of nitrogens with zero attached hydrogens (tertiary/aromatic N) is 2. The molecule has 0 aliphatic carbocycles. The largest absolute Gasteiger partial charge is 0.481 e. The number of benzene rings is 1. The Morgan fingerprint density at radius 2 is 2.05 bits per heavy atom. The minimum atomic E-state index is -0.811. The van der Waals surface area contributed by atoms with Gasteiger partial charge in [0.25, 0.3) is 0 Å². The number of carboxylic acids is 1. The lowest BCUT2D eigenvalue weighted by atomic mass is 9.92. The summed E-state index contributed by atoms with van der Waals surface area (Å²) in [4.78, 5) is 11.4. The molecule has 1 aromatic carbocycles. The van der Waals surface area contributed by atoms with Gasteiger partial charge in [0.15, 0.2) is 0 Å². The Bertz CT molecular complexity index is 608. The van der Waals surface area contributed by atoms with Gasteiger partial charge in [-0.2, -0.15) is 5.10 Å². The maximum Gasteiger partial charge on any atom is 0.310 e. The van der Waals surface area contributed by atoms with E-state index in [-0.39, 0.29) is 0 Å². The van der Waals surface area contributed by atoms with Crippen LogP contribution in [0.1, 0.15) is 29.2 Å². The summed E-state index contributed by atoms with van der Waals surface area (Å²) in [6.07, 6.45) is 1.11. The smallest absolute Gasteiger partial charge is 0.310 e. The summed E-state index contributed by atoms with van der Waals surface area (Å²) in [7, 11) is 1.78. The highest BCUT2D eigenvalue weighted by Gasteiger charge is 2.21. The van der Waals surface area contributed by atoms with Crippen LogP contribution in [-0.4, -0.2) is 20.9 Å². The van der Waals surface area contributed by atoms with Crippen LogP contribution in [0.5, 0.6) is 0 Å². The van der Waals surface area contributed by atoms with Crippen LogP contribution in [0.15, 0.2) is 30.3 Å². The number of halogens is 1. The Morgan fingerprint density at radius 1 is 1.40 bits per heavy atom. The van der Waals surface area contributed by atoms with Gasteiger partial charge in [0.1, 0.15) is 5.15 Å². The first-order chi connectivity index (χ1) is 9.50. The van der Waals surface area contributed by atoms with Gasteiger partial charge in [-0.25, -0.2) is 0 Å². The molecular formula is C15H17ClN2O2. The van der Waals surface area contributed by atoms with Crippen molar-refractivity contribution in [2.24, 2.45) is 7.05 Å². The van der Waals surface area contributed by atoms with Crippen LogP contribution in [-0.2, 0) is 18.3 Å². The molecule has 4 nitrogen and oxygen atoms in total. The summed E-state index contributed by atoms with van der Waals surface area (Å²) in [6.45, 7) is 1.89. The van der Waals surface area contributed by atoms with Crippen molar-refractivity contribution in [3.63, 3.8) is 0 Å². The van der Waals surface area contributed by atoms with Crippen molar-refractivity contribution in [3.05, 3.63) is 52.3 Å². The summed E-state index contributed by atoms with van der Waals surface area (Å²) < 4.78 is 1.62. The van der Waals surface area contributed by atoms with Gasteiger partial charge in [-0.15, -0.1) is 0 Å². The fourth-order valence-corrected chi connectivity index (χ4v) is 2.63. The fourth-order valence-electron chi connectivity index (χ4n) is 2.36. The zero-order valence-electron chi connectivity index (χ0n) is 11.5. The molecule has 106 valence electrons. The second-order valence-corrected chi connectivity index (χ2v) is 5.18. The molecule has 1 aromatic heterocycles. The van der Waals surface area contributed by atoms with E-state index in [2.05, 4.69) is 5.10 Å². The molecule has 0 saturated carbocycles. The molecule has 1 heterocycles. The monoisotopic (exact) mass is 292 g/mol. The predicted molar refractivity (Wildman–Crippen MR) is 78.1 cm³/mol. The van der Waals surface area contributed by atoms with Crippen molar-refractivity contribution in [1.82, 2.24) is 9.78 Å². The highest BCUT2D eigenvalue weighted by atomic mass is 35.5. The molecule has 0 saturated heterocycles. The molecule has 1 N–H and O–H groups in total. The highest BCUT2D eigenvalue weighted by Crippen LogP contribution is 2.26. The van der Waals surface area contributed by atoms with E-state index >= 15 is 0 Å². The van der Waals surface area contributed by atoms with E-state index in [4.69, 9.17) is 11.6 Å². The molecule has 0 fully saturated rings. The summed E-state index contributed by atoms with van der Waals surface area (Å²) in [5, 5.41) is 14.2. The molecule has 0 amide bonds.